The number of nitrogens with zero attached hydrogens (tertiary/aromatic N) is 2. The molecule has 1 amide bonds. The SMILES string of the molecule is C=CCN(CC=C)C(=O)Cc1csc(-c2ccc(OC)c(OC)c2)n1. The third-order valence-corrected chi connectivity index (χ3v) is 4.51. The molecular weight excluding hydrogens is 336 g/mol. The molecule has 0 fully saturated rings. The third-order valence-electron chi connectivity index (χ3n) is 3.57. The van der Waals surface area contributed by atoms with Crippen LogP contribution >= 0.6 is 11.3 Å². The van der Waals surface area contributed by atoms with Gasteiger partial charge in [-0.05, 0) is 18.2 Å². The average Bonchev–Trinajstić information content (AvgIpc) is 3.09. The predicted octanol–water partition coefficient (Wildman–Crippen LogP) is 3.57. The average molecular weight is 358 g/mol. The van der Waals surface area contributed by atoms with Crippen LogP contribution in [0.5, 0.6) is 11.5 Å². The number of hydrogen-bond acceptors (Lipinski definition) is 5. The normalized spacial score (nSPS) is 10.2. The van der Waals surface area contributed by atoms with E-state index in [1.165, 1.54) is 11.3 Å². The summed E-state index contributed by atoms with van der Waals surface area (Å²) < 4.78 is 10.6. The van der Waals surface area contributed by atoms with Crippen molar-refractivity contribution in [2.24, 2.45) is 0 Å². The fourth-order valence-corrected chi connectivity index (χ4v) is 3.16. The van der Waals surface area contributed by atoms with Crippen LogP contribution in [0, 0.1) is 0 Å². The molecule has 0 spiro atoms. The van der Waals surface area contributed by atoms with E-state index in [9.17, 15) is 4.79 Å². The van der Waals surface area contributed by atoms with E-state index in [1.807, 2.05) is 23.6 Å². The largest absolute Gasteiger partial charge is 0.493 e. The number of benzene rings is 1. The van der Waals surface area contributed by atoms with E-state index >= 15 is 0 Å². The summed E-state index contributed by atoms with van der Waals surface area (Å²) in [5.41, 5.74) is 1.67. The highest BCUT2D eigenvalue weighted by Gasteiger charge is 2.15. The predicted molar refractivity (Wildman–Crippen MR) is 101 cm³/mol. The van der Waals surface area contributed by atoms with Crippen molar-refractivity contribution in [1.29, 1.82) is 0 Å². The van der Waals surface area contributed by atoms with E-state index in [-0.39, 0.29) is 12.3 Å². The maximum Gasteiger partial charge on any atom is 0.229 e. The molecule has 0 saturated carbocycles. The van der Waals surface area contributed by atoms with Crippen molar-refractivity contribution in [3.63, 3.8) is 0 Å². The van der Waals surface area contributed by atoms with Gasteiger partial charge in [-0.3, -0.25) is 4.79 Å². The highest BCUT2D eigenvalue weighted by atomic mass is 32.1. The molecule has 2 rings (SSSR count). The number of rotatable bonds is 9. The lowest BCUT2D eigenvalue weighted by Crippen LogP contribution is -2.32. The summed E-state index contributed by atoms with van der Waals surface area (Å²) in [5, 5.41) is 2.74. The molecule has 1 aromatic carbocycles. The van der Waals surface area contributed by atoms with E-state index in [2.05, 4.69) is 18.1 Å². The van der Waals surface area contributed by atoms with Crippen LogP contribution in [0.15, 0.2) is 48.9 Å². The fourth-order valence-electron chi connectivity index (χ4n) is 2.35. The second kappa shape index (κ2) is 9.03. The Kier molecular flexibility index (Phi) is 6.77. The Hall–Kier alpha value is -2.60. The summed E-state index contributed by atoms with van der Waals surface area (Å²) in [5.74, 6) is 1.32. The summed E-state index contributed by atoms with van der Waals surface area (Å²) in [6, 6.07) is 5.65. The molecule has 0 aliphatic heterocycles. The van der Waals surface area contributed by atoms with Gasteiger partial charge in [0.2, 0.25) is 5.91 Å². The molecule has 1 heterocycles. The molecule has 6 heteroatoms. The zero-order valence-corrected chi connectivity index (χ0v) is 15.3. The van der Waals surface area contributed by atoms with Gasteiger partial charge >= 0.3 is 0 Å². The van der Waals surface area contributed by atoms with E-state index in [4.69, 9.17) is 9.47 Å². The number of hydrogen-bond donors (Lipinski definition) is 0. The molecule has 0 aliphatic carbocycles. The van der Waals surface area contributed by atoms with Gasteiger partial charge in [-0.2, -0.15) is 0 Å². The molecule has 0 radical (unpaired) electrons. The van der Waals surface area contributed by atoms with Crippen LogP contribution in [-0.2, 0) is 11.2 Å². The first-order chi connectivity index (χ1) is 12.1. The Morgan fingerprint density at radius 2 is 1.88 bits per heavy atom. The minimum absolute atomic E-state index is 0.00367. The lowest BCUT2D eigenvalue weighted by molar-refractivity contribution is -0.129. The second-order valence-corrected chi connectivity index (χ2v) is 6.12. The van der Waals surface area contributed by atoms with Gasteiger partial charge in [0.05, 0.1) is 26.3 Å². The Morgan fingerprint density at radius 3 is 2.48 bits per heavy atom. The second-order valence-electron chi connectivity index (χ2n) is 5.27. The third kappa shape index (κ3) is 4.70. The zero-order chi connectivity index (χ0) is 18.2. The number of carbonyl (C=O) groups excluding carboxylic acids is 1. The van der Waals surface area contributed by atoms with Crippen molar-refractivity contribution >= 4 is 17.2 Å². The Balaban J connectivity index is 2.15. The molecule has 0 saturated heterocycles. The Labute approximate surface area is 152 Å². The van der Waals surface area contributed by atoms with E-state index in [0.29, 0.717) is 24.6 Å². The molecule has 2 aromatic rings. The minimum atomic E-state index is 0.00367. The van der Waals surface area contributed by atoms with Crippen molar-refractivity contribution in [2.75, 3.05) is 27.3 Å². The van der Waals surface area contributed by atoms with Gasteiger partial charge in [-0.1, -0.05) is 12.2 Å². The van der Waals surface area contributed by atoms with Crippen LogP contribution in [0.2, 0.25) is 0 Å². The van der Waals surface area contributed by atoms with E-state index in [1.54, 1.807) is 31.3 Å². The van der Waals surface area contributed by atoms with Gasteiger partial charge < -0.3 is 14.4 Å². The first-order valence-electron chi connectivity index (χ1n) is 7.79. The number of carbonyl (C=O) groups is 1. The van der Waals surface area contributed by atoms with Crippen LogP contribution < -0.4 is 9.47 Å². The van der Waals surface area contributed by atoms with Crippen molar-refractivity contribution in [3.8, 4) is 22.1 Å². The van der Waals surface area contributed by atoms with Crippen molar-refractivity contribution < 1.29 is 14.3 Å². The number of methoxy groups -OCH3 is 2. The first-order valence-corrected chi connectivity index (χ1v) is 8.67. The summed E-state index contributed by atoms with van der Waals surface area (Å²) in [4.78, 5) is 18.6. The molecule has 0 unspecified atom stereocenters. The first kappa shape index (κ1) is 18.7. The number of amides is 1. The monoisotopic (exact) mass is 358 g/mol. The highest BCUT2D eigenvalue weighted by Crippen LogP contribution is 2.33. The summed E-state index contributed by atoms with van der Waals surface area (Å²) in [6.07, 6.45) is 3.67. The quantitative estimate of drug-likeness (QED) is 0.643. The molecule has 25 heavy (non-hydrogen) atoms. The molecule has 0 bridgehead atoms. The summed E-state index contributed by atoms with van der Waals surface area (Å²) in [6.45, 7) is 8.36. The van der Waals surface area contributed by atoms with E-state index in [0.717, 1.165) is 16.3 Å². The van der Waals surface area contributed by atoms with Gasteiger partial charge in [0.25, 0.3) is 0 Å². The topological polar surface area (TPSA) is 51.7 Å². The van der Waals surface area contributed by atoms with Gasteiger partial charge in [-0.15, -0.1) is 24.5 Å². The Morgan fingerprint density at radius 1 is 1.20 bits per heavy atom. The number of ether oxygens (including phenoxy) is 2. The molecule has 0 N–H and O–H groups in total. The summed E-state index contributed by atoms with van der Waals surface area (Å²) in [7, 11) is 3.20. The van der Waals surface area contributed by atoms with Crippen molar-refractivity contribution in [1.82, 2.24) is 9.88 Å². The lowest BCUT2D eigenvalue weighted by Gasteiger charge is -2.18. The smallest absolute Gasteiger partial charge is 0.229 e. The maximum absolute atomic E-state index is 12.4. The highest BCUT2D eigenvalue weighted by molar-refractivity contribution is 7.13. The van der Waals surface area contributed by atoms with Gasteiger partial charge in [0.15, 0.2) is 11.5 Å². The lowest BCUT2D eigenvalue weighted by atomic mass is 10.2. The summed E-state index contributed by atoms with van der Waals surface area (Å²) >= 11 is 1.50. The van der Waals surface area contributed by atoms with Crippen LogP contribution in [0.3, 0.4) is 0 Å². The van der Waals surface area contributed by atoms with Crippen molar-refractivity contribution in [2.45, 2.75) is 6.42 Å². The van der Waals surface area contributed by atoms with Crippen LogP contribution in [0.25, 0.3) is 10.6 Å². The van der Waals surface area contributed by atoms with Gasteiger partial charge in [0, 0.05) is 24.0 Å². The number of thiazole rings is 1. The minimum Gasteiger partial charge on any atom is -0.493 e. The maximum atomic E-state index is 12.4. The van der Waals surface area contributed by atoms with Crippen molar-refractivity contribution in [3.05, 3.63) is 54.6 Å². The van der Waals surface area contributed by atoms with Gasteiger partial charge in [0.1, 0.15) is 5.01 Å². The van der Waals surface area contributed by atoms with Crippen LogP contribution in [0.1, 0.15) is 5.69 Å². The fraction of sp³-hybridized carbons (Fsp3) is 0.263. The molecule has 0 atom stereocenters. The van der Waals surface area contributed by atoms with Crippen LogP contribution in [-0.4, -0.2) is 43.1 Å². The molecular formula is C19H22N2O3S. The standard InChI is InChI=1S/C19H22N2O3S/c1-5-9-21(10-6-2)18(22)12-15-13-25-19(20-15)14-7-8-16(23-3)17(11-14)24-4/h5-8,11,13H,1-2,9-10,12H2,3-4H3. The number of aromatic nitrogens is 1. The molecule has 5 nitrogen and oxygen atoms in total. The zero-order valence-electron chi connectivity index (χ0n) is 14.5. The van der Waals surface area contributed by atoms with Gasteiger partial charge in [-0.25, -0.2) is 4.98 Å². The molecule has 132 valence electrons. The van der Waals surface area contributed by atoms with Crippen LogP contribution in [0.4, 0.5) is 0 Å². The molecule has 1 aromatic heterocycles. The molecule has 0 aliphatic rings. The van der Waals surface area contributed by atoms with E-state index < -0.39 is 0 Å². The Bertz CT molecular complexity index is 745.